The van der Waals surface area contributed by atoms with E-state index >= 15 is 0 Å². The van der Waals surface area contributed by atoms with E-state index in [0.717, 1.165) is 16.6 Å². The van der Waals surface area contributed by atoms with Crippen molar-refractivity contribution in [1.29, 1.82) is 0 Å². The first-order valence-electron chi connectivity index (χ1n) is 4.36. The average molecular weight is 176 g/mol. The number of pyridine rings is 1. The molecule has 0 aliphatic carbocycles. The molecule has 2 aromatic heterocycles. The zero-order valence-corrected chi connectivity index (χ0v) is 7.49. The minimum Gasteiger partial charge on any atom is -0.393 e. The van der Waals surface area contributed by atoms with E-state index in [1.54, 1.807) is 13.1 Å². The lowest BCUT2D eigenvalue weighted by Crippen LogP contribution is -2.03. The van der Waals surface area contributed by atoms with Crippen LogP contribution in [0.15, 0.2) is 24.5 Å². The molecule has 13 heavy (non-hydrogen) atoms. The smallest absolute Gasteiger partial charge is 0.137 e. The fourth-order valence-electron chi connectivity index (χ4n) is 1.50. The summed E-state index contributed by atoms with van der Waals surface area (Å²) >= 11 is 0. The highest BCUT2D eigenvalue weighted by molar-refractivity contribution is 5.79. The number of H-pyrrole nitrogens is 1. The SMILES string of the molecule is C[C@@H](O)Cc1c[nH]c2ncccc12. The van der Waals surface area contributed by atoms with Crippen LogP contribution in [-0.4, -0.2) is 21.2 Å². The number of nitrogens with one attached hydrogen (secondary N) is 1. The third kappa shape index (κ3) is 1.55. The molecule has 0 aromatic carbocycles. The Kier molecular flexibility index (Phi) is 2.02. The van der Waals surface area contributed by atoms with E-state index in [-0.39, 0.29) is 6.10 Å². The standard InChI is InChI=1S/C10H12N2O/c1-7(13)5-8-6-12-10-9(8)3-2-4-11-10/h2-4,6-7,13H,5H2,1H3,(H,11,12)/t7-/m1/s1. The van der Waals surface area contributed by atoms with Gasteiger partial charge in [-0.3, -0.25) is 0 Å². The quantitative estimate of drug-likeness (QED) is 0.728. The molecule has 2 heterocycles. The molecule has 68 valence electrons. The van der Waals surface area contributed by atoms with Crippen molar-refractivity contribution < 1.29 is 5.11 Å². The summed E-state index contributed by atoms with van der Waals surface area (Å²) < 4.78 is 0. The molecule has 0 aliphatic heterocycles. The van der Waals surface area contributed by atoms with Gasteiger partial charge in [-0.25, -0.2) is 4.98 Å². The molecule has 0 amide bonds. The Morgan fingerprint density at radius 1 is 1.62 bits per heavy atom. The van der Waals surface area contributed by atoms with Crippen molar-refractivity contribution in [3.05, 3.63) is 30.1 Å². The maximum Gasteiger partial charge on any atom is 0.137 e. The number of aromatic nitrogens is 2. The predicted octanol–water partition coefficient (Wildman–Crippen LogP) is 1.49. The molecular weight excluding hydrogens is 164 g/mol. The van der Waals surface area contributed by atoms with E-state index in [0.29, 0.717) is 6.42 Å². The van der Waals surface area contributed by atoms with Gasteiger partial charge in [0.15, 0.2) is 0 Å². The van der Waals surface area contributed by atoms with Crippen molar-refractivity contribution >= 4 is 11.0 Å². The fourth-order valence-corrected chi connectivity index (χ4v) is 1.50. The molecule has 2 N–H and O–H groups in total. The number of hydrogen-bond donors (Lipinski definition) is 2. The van der Waals surface area contributed by atoms with Crippen LogP contribution in [0.3, 0.4) is 0 Å². The van der Waals surface area contributed by atoms with Crippen LogP contribution in [0.2, 0.25) is 0 Å². The van der Waals surface area contributed by atoms with Crippen LogP contribution in [0, 0.1) is 0 Å². The molecular formula is C10H12N2O. The lowest BCUT2D eigenvalue weighted by molar-refractivity contribution is 0.196. The topological polar surface area (TPSA) is 48.9 Å². The number of fused-ring (bicyclic) bond motifs is 1. The third-order valence-corrected chi connectivity index (χ3v) is 2.05. The minimum atomic E-state index is -0.306. The van der Waals surface area contributed by atoms with Crippen molar-refractivity contribution in [3.63, 3.8) is 0 Å². The number of aliphatic hydroxyl groups excluding tert-OH is 1. The molecule has 0 radical (unpaired) electrons. The summed E-state index contributed by atoms with van der Waals surface area (Å²) in [6, 6.07) is 3.91. The Morgan fingerprint density at radius 3 is 3.23 bits per heavy atom. The van der Waals surface area contributed by atoms with E-state index < -0.39 is 0 Å². The molecule has 0 saturated heterocycles. The maximum atomic E-state index is 9.25. The Labute approximate surface area is 76.4 Å². The zero-order chi connectivity index (χ0) is 9.26. The highest BCUT2D eigenvalue weighted by atomic mass is 16.3. The highest BCUT2D eigenvalue weighted by Gasteiger charge is 2.05. The second-order valence-electron chi connectivity index (χ2n) is 3.27. The lowest BCUT2D eigenvalue weighted by atomic mass is 10.1. The summed E-state index contributed by atoms with van der Waals surface area (Å²) in [5.41, 5.74) is 2.01. The third-order valence-electron chi connectivity index (χ3n) is 2.05. The van der Waals surface area contributed by atoms with Gasteiger partial charge in [-0.15, -0.1) is 0 Å². The van der Waals surface area contributed by atoms with Crippen molar-refractivity contribution in [2.45, 2.75) is 19.4 Å². The first-order chi connectivity index (χ1) is 6.27. The summed E-state index contributed by atoms with van der Waals surface area (Å²) in [5.74, 6) is 0. The van der Waals surface area contributed by atoms with Crippen LogP contribution in [0.25, 0.3) is 11.0 Å². The van der Waals surface area contributed by atoms with Crippen LogP contribution in [0.1, 0.15) is 12.5 Å². The van der Waals surface area contributed by atoms with Crippen molar-refractivity contribution in [2.24, 2.45) is 0 Å². The first kappa shape index (κ1) is 8.26. The van der Waals surface area contributed by atoms with E-state index in [2.05, 4.69) is 9.97 Å². The second-order valence-corrected chi connectivity index (χ2v) is 3.27. The van der Waals surface area contributed by atoms with Gasteiger partial charge in [-0.1, -0.05) is 0 Å². The molecule has 0 aliphatic rings. The van der Waals surface area contributed by atoms with Gasteiger partial charge >= 0.3 is 0 Å². The van der Waals surface area contributed by atoms with E-state index in [9.17, 15) is 5.11 Å². The van der Waals surface area contributed by atoms with Gasteiger partial charge in [0.2, 0.25) is 0 Å². The predicted molar refractivity (Wildman–Crippen MR) is 51.5 cm³/mol. The number of nitrogens with zero attached hydrogens (tertiary/aromatic N) is 1. The van der Waals surface area contributed by atoms with Crippen molar-refractivity contribution in [1.82, 2.24) is 9.97 Å². The Hall–Kier alpha value is -1.35. The normalized spacial score (nSPS) is 13.4. The highest BCUT2D eigenvalue weighted by Crippen LogP contribution is 2.16. The molecule has 0 saturated carbocycles. The average Bonchev–Trinajstić information content (AvgIpc) is 2.48. The van der Waals surface area contributed by atoms with Crippen molar-refractivity contribution in [3.8, 4) is 0 Å². The Balaban J connectivity index is 2.46. The summed E-state index contributed by atoms with van der Waals surface area (Å²) in [5, 5.41) is 10.3. The minimum absolute atomic E-state index is 0.306. The van der Waals surface area contributed by atoms with Gasteiger partial charge in [0, 0.05) is 24.2 Å². The van der Waals surface area contributed by atoms with Crippen LogP contribution >= 0.6 is 0 Å². The largest absolute Gasteiger partial charge is 0.393 e. The van der Waals surface area contributed by atoms with Crippen molar-refractivity contribution in [2.75, 3.05) is 0 Å². The molecule has 0 bridgehead atoms. The molecule has 0 spiro atoms. The van der Waals surface area contributed by atoms with Gasteiger partial charge in [0.1, 0.15) is 5.65 Å². The number of rotatable bonds is 2. The molecule has 0 unspecified atom stereocenters. The molecule has 2 rings (SSSR count). The fraction of sp³-hybridized carbons (Fsp3) is 0.300. The Morgan fingerprint density at radius 2 is 2.46 bits per heavy atom. The summed E-state index contributed by atoms with van der Waals surface area (Å²) in [6.45, 7) is 1.79. The molecule has 3 heteroatoms. The van der Waals surface area contributed by atoms with Gasteiger partial charge in [-0.2, -0.15) is 0 Å². The van der Waals surface area contributed by atoms with Gasteiger partial charge in [-0.05, 0) is 24.6 Å². The van der Waals surface area contributed by atoms with Gasteiger partial charge in [0.25, 0.3) is 0 Å². The number of hydrogen-bond acceptors (Lipinski definition) is 2. The van der Waals surface area contributed by atoms with Crippen LogP contribution in [0.5, 0.6) is 0 Å². The maximum absolute atomic E-state index is 9.25. The molecule has 3 nitrogen and oxygen atoms in total. The lowest BCUT2D eigenvalue weighted by Gasteiger charge is -2.01. The van der Waals surface area contributed by atoms with Crippen LogP contribution < -0.4 is 0 Å². The summed E-state index contributed by atoms with van der Waals surface area (Å²) in [6.07, 6.45) is 4.03. The first-order valence-corrected chi connectivity index (χ1v) is 4.36. The zero-order valence-electron chi connectivity index (χ0n) is 7.49. The molecule has 2 aromatic rings. The van der Waals surface area contributed by atoms with Gasteiger partial charge in [0.05, 0.1) is 6.10 Å². The van der Waals surface area contributed by atoms with E-state index in [1.165, 1.54) is 0 Å². The second kappa shape index (κ2) is 3.18. The molecule has 1 atom stereocenters. The monoisotopic (exact) mass is 176 g/mol. The van der Waals surface area contributed by atoms with E-state index in [4.69, 9.17) is 0 Å². The van der Waals surface area contributed by atoms with Crippen LogP contribution in [0.4, 0.5) is 0 Å². The van der Waals surface area contributed by atoms with Gasteiger partial charge < -0.3 is 10.1 Å². The summed E-state index contributed by atoms with van der Waals surface area (Å²) in [4.78, 5) is 7.24. The van der Waals surface area contributed by atoms with E-state index in [1.807, 2.05) is 18.3 Å². The van der Waals surface area contributed by atoms with Crippen LogP contribution in [-0.2, 0) is 6.42 Å². The summed E-state index contributed by atoms with van der Waals surface area (Å²) in [7, 11) is 0. The molecule has 0 fully saturated rings. The Bertz CT molecular complexity index is 406. The number of aliphatic hydroxyl groups is 1. The number of aromatic amines is 1.